The summed E-state index contributed by atoms with van der Waals surface area (Å²) in [6, 6.07) is 3.46. The molecule has 6 nitrogen and oxygen atoms in total. The number of Topliss-reactive ketones (excluding diaryl/α,β-unsaturated/α-hetero) is 1. The van der Waals surface area contributed by atoms with Crippen molar-refractivity contribution in [3.63, 3.8) is 0 Å². The lowest BCUT2D eigenvalue weighted by atomic mass is 10.0. The fourth-order valence-corrected chi connectivity index (χ4v) is 3.37. The molecule has 0 saturated carbocycles. The number of hydrogen-bond acceptors (Lipinski definition) is 5. The summed E-state index contributed by atoms with van der Waals surface area (Å²) < 4.78 is 0. The van der Waals surface area contributed by atoms with Crippen LogP contribution in [-0.2, 0) is 20.9 Å². The average Bonchev–Trinajstić information content (AvgIpc) is 2.98. The van der Waals surface area contributed by atoms with E-state index in [1.165, 1.54) is 6.42 Å². The largest absolute Gasteiger partial charge is 0.369 e. The van der Waals surface area contributed by atoms with E-state index < -0.39 is 17.9 Å². The number of carbonyl (C=O) groups excluding carboxylic acids is 3. The molecule has 2 amide bonds. The van der Waals surface area contributed by atoms with Crippen LogP contribution in [0.2, 0.25) is 0 Å². The molecule has 2 heterocycles. The molecule has 0 aliphatic carbocycles. The lowest BCUT2D eigenvalue weighted by Gasteiger charge is -2.30. The van der Waals surface area contributed by atoms with Crippen LogP contribution in [0.3, 0.4) is 0 Å². The van der Waals surface area contributed by atoms with Crippen molar-refractivity contribution < 1.29 is 14.4 Å². The number of hydrogen-bond donors (Lipinski definition) is 2. The molecule has 2 atom stereocenters. The molecular weight excluding hydrogens is 326 g/mol. The second-order valence-corrected chi connectivity index (χ2v) is 7.12. The minimum Gasteiger partial charge on any atom is -0.369 e. The summed E-state index contributed by atoms with van der Waals surface area (Å²) in [6.07, 6.45) is 3.27. The van der Waals surface area contributed by atoms with Crippen molar-refractivity contribution in [1.29, 1.82) is 0 Å². The maximum atomic E-state index is 12.7. The zero-order valence-corrected chi connectivity index (χ0v) is 14.7. The van der Waals surface area contributed by atoms with Crippen LogP contribution >= 0.6 is 11.3 Å². The molecule has 24 heavy (non-hydrogen) atoms. The number of primary amides is 1. The zero-order valence-electron chi connectivity index (χ0n) is 13.9. The van der Waals surface area contributed by atoms with Gasteiger partial charge in [-0.25, -0.2) is 0 Å². The highest BCUT2D eigenvalue weighted by Gasteiger charge is 2.31. The Hall–Kier alpha value is -1.73. The van der Waals surface area contributed by atoms with Gasteiger partial charge in [0.25, 0.3) is 0 Å². The van der Waals surface area contributed by atoms with E-state index >= 15 is 0 Å². The summed E-state index contributed by atoms with van der Waals surface area (Å²) in [6.45, 7) is 3.17. The normalized spacial score (nSPS) is 19.5. The monoisotopic (exact) mass is 350 g/mol. The summed E-state index contributed by atoms with van der Waals surface area (Å²) in [5, 5.41) is 5.04. The van der Waals surface area contributed by atoms with Crippen LogP contribution in [-0.4, -0.2) is 41.6 Å². The van der Waals surface area contributed by atoms with Gasteiger partial charge in [0, 0.05) is 10.8 Å². The maximum Gasteiger partial charge on any atom is 0.227 e. The number of nitrogens with zero attached hydrogens (tertiary/aromatic N) is 1. The fraction of sp³-hybridized carbons (Fsp3) is 0.529. The van der Waals surface area contributed by atoms with Crippen LogP contribution in [0.15, 0.2) is 17.5 Å². The maximum absolute atomic E-state index is 12.7. The summed E-state index contributed by atoms with van der Waals surface area (Å²) in [5.74, 6) is -1.01. The topological polar surface area (TPSA) is 92.5 Å². The molecule has 1 saturated heterocycles. The van der Waals surface area contributed by atoms with E-state index in [9.17, 15) is 14.4 Å². The minimum absolute atomic E-state index is 0.0359. The third-order valence-corrected chi connectivity index (χ3v) is 5.06. The molecule has 1 unspecified atom stereocenters. The molecule has 1 fully saturated rings. The first-order chi connectivity index (χ1) is 11.5. The Labute approximate surface area is 146 Å². The average molecular weight is 350 g/mol. The molecule has 2 rings (SSSR count). The van der Waals surface area contributed by atoms with Gasteiger partial charge in [-0.3, -0.25) is 14.4 Å². The first-order valence-electron chi connectivity index (χ1n) is 8.18. The predicted molar refractivity (Wildman–Crippen MR) is 93.0 cm³/mol. The molecule has 1 aromatic rings. The quantitative estimate of drug-likeness (QED) is 0.770. The molecule has 131 valence electrons. The van der Waals surface area contributed by atoms with Crippen molar-refractivity contribution in [3.05, 3.63) is 28.8 Å². The highest BCUT2D eigenvalue weighted by Crippen LogP contribution is 2.20. The molecular formula is C17H24N3O3S. The standard InChI is InChI=1S/C17H24N3O3S/c1-12(17(18)23)6-7-16(22)20(11-13-4-3-9-24-13)14-5-2-8-19-10-15(14)21/h3-4,7,9,12,14,19H,2,5-6,8,10-11H2,1H3,(H2,18,23)/t12?,14-/m0/s1. The second kappa shape index (κ2) is 8.94. The molecule has 0 aromatic carbocycles. The van der Waals surface area contributed by atoms with Crippen LogP contribution < -0.4 is 11.1 Å². The van der Waals surface area contributed by atoms with Crippen molar-refractivity contribution in [2.24, 2.45) is 11.7 Å². The first-order valence-corrected chi connectivity index (χ1v) is 9.06. The molecule has 7 heteroatoms. The summed E-state index contributed by atoms with van der Waals surface area (Å²) >= 11 is 1.56. The molecule has 3 N–H and O–H groups in total. The van der Waals surface area contributed by atoms with Crippen LogP contribution in [0.25, 0.3) is 0 Å². The first kappa shape index (κ1) is 18.6. The van der Waals surface area contributed by atoms with E-state index in [1.807, 2.05) is 17.5 Å². The van der Waals surface area contributed by atoms with Gasteiger partial charge in [-0.05, 0) is 37.3 Å². The van der Waals surface area contributed by atoms with Gasteiger partial charge in [-0.2, -0.15) is 0 Å². The molecule has 1 aliphatic rings. The van der Waals surface area contributed by atoms with E-state index in [4.69, 9.17) is 5.73 Å². The Morgan fingerprint density at radius 1 is 1.54 bits per heavy atom. The van der Waals surface area contributed by atoms with E-state index in [2.05, 4.69) is 5.32 Å². The van der Waals surface area contributed by atoms with E-state index in [1.54, 1.807) is 23.2 Å². The highest BCUT2D eigenvalue weighted by atomic mass is 32.1. The third kappa shape index (κ3) is 5.14. The highest BCUT2D eigenvalue weighted by molar-refractivity contribution is 7.09. The van der Waals surface area contributed by atoms with Gasteiger partial charge in [-0.1, -0.05) is 13.0 Å². The number of ketones is 1. The van der Waals surface area contributed by atoms with Crippen LogP contribution in [0, 0.1) is 12.3 Å². The Kier molecular flexibility index (Phi) is 6.93. The van der Waals surface area contributed by atoms with Crippen molar-refractivity contribution >= 4 is 28.9 Å². The van der Waals surface area contributed by atoms with Crippen molar-refractivity contribution in [2.75, 3.05) is 13.1 Å². The zero-order chi connectivity index (χ0) is 17.5. The van der Waals surface area contributed by atoms with Crippen LogP contribution in [0.4, 0.5) is 0 Å². The van der Waals surface area contributed by atoms with Crippen molar-refractivity contribution in [2.45, 2.75) is 38.8 Å². The Bertz CT molecular complexity index is 574. The summed E-state index contributed by atoms with van der Waals surface area (Å²) in [7, 11) is 0. The predicted octanol–water partition coefficient (Wildman–Crippen LogP) is 1.11. The van der Waals surface area contributed by atoms with Gasteiger partial charge >= 0.3 is 0 Å². The lowest BCUT2D eigenvalue weighted by Crippen LogP contribution is -2.46. The van der Waals surface area contributed by atoms with E-state index in [0.29, 0.717) is 13.0 Å². The van der Waals surface area contributed by atoms with Crippen molar-refractivity contribution in [3.8, 4) is 0 Å². The van der Waals surface area contributed by atoms with Gasteiger partial charge in [-0.15, -0.1) is 11.3 Å². The smallest absolute Gasteiger partial charge is 0.227 e. The Morgan fingerprint density at radius 2 is 2.33 bits per heavy atom. The van der Waals surface area contributed by atoms with Gasteiger partial charge in [0.1, 0.15) is 0 Å². The van der Waals surface area contributed by atoms with Gasteiger partial charge in [0.15, 0.2) is 5.78 Å². The lowest BCUT2D eigenvalue weighted by molar-refractivity contribution is -0.137. The van der Waals surface area contributed by atoms with Gasteiger partial charge < -0.3 is 16.0 Å². The number of amides is 2. The number of carbonyl (C=O) groups is 3. The number of nitrogens with two attached hydrogens (primary N) is 1. The summed E-state index contributed by atoms with van der Waals surface area (Å²) in [4.78, 5) is 38.9. The molecule has 0 bridgehead atoms. The van der Waals surface area contributed by atoms with Crippen LogP contribution in [0.1, 0.15) is 31.1 Å². The summed E-state index contributed by atoms with van der Waals surface area (Å²) in [5.41, 5.74) is 5.25. The third-order valence-electron chi connectivity index (χ3n) is 4.20. The van der Waals surface area contributed by atoms with Gasteiger partial charge in [0.05, 0.1) is 25.6 Å². The van der Waals surface area contributed by atoms with E-state index in [0.717, 1.165) is 17.8 Å². The molecule has 1 aliphatic heterocycles. The Balaban J connectivity index is 2.10. The molecule has 1 radical (unpaired) electrons. The second-order valence-electron chi connectivity index (χ2n) is 6.09. The number of rotatable bonds is 7. The minimum atomic E-state index is -0.432. The van der Waals surface area contributed by atoms with Crippen LogP contribution in [0.5, 0.6) is 0 Å². The van der Waals surface area contributed by atoms with Gasteiger partial charge in [0.2, 0.25) is 11.8 Å². The fourth-order valence-electron chi connectivity index (χ4n) is 2.66. The Morgan fingerprint density at radius 3 is 3.00 bits per heavy atom. The van der Waals surface area contributed by atoms with Crippen molar-refractivity contribution in [1.82, 2.24) is 10.2 Å². The molecule has 1 aromatic heterocycles. The number of thiophene rings is 1. The molecule has 0 spiro atoms. The SMILES string of the molecule is CC(C[CH]C(=O)N(Cc1cccs1)[C@H]1CCCNCC1=O)C(N)=O. The number of nitrogens with one attached hydrogen (secondary N) is 1. The van der Waals surface area contributed by atoms with E-state index in [-0.39, 0.29) is 24.7 Å².